The number of carbonyl (C=O) groups excluding carboxylic acids is 1. The molecule has 0 aromatic heterocycles. The van der Waals surface area contributed by atoms with Gasteiger partial charge in [0.2, 0.25) is 5.91 Å². The van der Waals surface area contributed by atoms with Crippen LogP contribution in [0, 0.1) is 5.82 Å². The number of aliphatic hydroxyl groups excluding tert-OH is 1. The summed E-state index contributed by atoms with van der Waals surface area (Å²) in [7, 11) is 0. The third-order valence-corrected chi connectivity index (χ3v) is 3.92. The molecule has 2 atom stereocenters. The Kier molecular flexibility index (Phi) is 6.13. The lowest BCUT2D eigenvalue weighted by Crippen LogP contribution is -2.35. The highest BCUT2D eigenvalue weighted by Gasteiger charge is 2.16. The molecule has 2 aromatic rings. The molecule has 0 aliphatic heterocycles. The van der Waals surface area contributed by atoms with Crippen LogP contribution < -0.4 is 5.32 Å². The molecule has 0 heterocycles. The van der Waals surface area contributed by atoms with Crippen molar-refractivity contribution in [1.82, 2.24) is 5.32 Å². The summed E-state index contributed by atoms with van der Waals surface area (Å²) in [4.78, 5) is 12.0. The highest BCUT2D eigenvalue weighted by molar-refractivity contribution is 6.31. The van der Waals surface area contributed by atoms with Crippen LogP contribution in [0.5, 0.6) is 0 Å². The molecule has 0 fully saturated rings. The van der Waals surface area contributed by atoms with Gasteiger partial charge in [0.1, 0.15) is 5.82 Å². The van der Waals surface area contributed by atoms with Gasteiger partial charge in [0, 0.05) is 16.6 Å². The van der Waals surface area contributed by atoms with Crippen molar-refractivity contribution in [2.24, 2.45) is 0 Å². The Balaban J connectivity index is 1.90. The van der Waals surface area contributed by atoms with Gasteiger partial charge in [0.25, 0.3) is 0 Å². The molecule has 23 heavy (non-hydrogen) atoms. The van der Waals surface area contributed by atoms with Crippen LogP contribution in [0.15, 0.2) is 48.5 Å². The molecule has 2 aromatic carbocycles. The summed E-state index contributed by atoms with van der Waals surface area (Å²) >= 11 is 5.91. The lowest BCUT2D eigenvalue weighted by atomic mass is 10.0. The number of carbonyl (C=O) groups is 1. The summed E-state index contributed by atoms with van der Waals surface area (Å²) < 4.78 is 13.7. The molecule has 0 bridgehead atoms. The molecule has 2 rings (SSSR count). The van der Waals surface area contributed by atoms with Gasteiger partial charge in [-0.05, 0) is 31.0 Å². The van der Waals surface area contributed by atoms with Crippen LogP contribution in [0.1, 0.15) is 30.6 Å². The zero-order valence-electron chi connectivity index (χ0n) is 12.8. The number of benzene rings is 2. The first-order chi connectivity index (χ1) is 11.0. The summed E-state index contributed by atoms with van der Waals surface area (Å²) in [5.74, 6) is -0.825. The van der Waals surface area contributed by atoms with Crippen molar-refractivity contribution in [2.75, 3.05) is 0 Å². The second-order valence-electron chi connectivity index (χ2n) is 5.51. The van der Waals surface area contributed by atoms with Crippen molar-refractivity contribution in [3.05, 3.63) is 70.5 Å². The molecule has 0 aliphatic carbocycles. The van der Waals surface area contributed by atoms with Crippen LogP contribution in [0.25, 0.3) is 0 Å². The average molecular weight is 336 g/mol. The molecule has 0 saturated heterocycles. The minimum atomic E-state index is -0.663. The summed E-state index contributed by atoms with van der Waals surface area (Å²) in [6, 6.07) is 13.3. The Hall–Kier alpha value is -1.91. The number of aliphatic hydroxyl groups is 1. The summed E-state index contributed by atoms with van der Waals surface area (Å²) in [6.45, 7) is 1.80. The van der Waals surface area contributed by atoms with Crippen LogP contribution in [0.3, 0.4) is 0 Å². The summed E-state index contributed by atoms with van der Waals surface area (Å²) in [5.41, 5.74) is 0.980. The SMILES string of the molecule is CC(CC(O)c1ccccc1)NC(=O)Cc1c(F)cccc1Cl. The van der Waals surface area contributed by atoms with E-state index >= 15 is 0 Å². The maximum Gasteiger partial charge on any atom is 0.224 e. The molecule has 5 heteroatoms. The molecule has 122 valence electrons. The fourth-order valence-electron chi connectivity index (χ4n) is 2.39. The van der Waals surface area contributed by atoms with Crippen molar-refractivity contribution in [3.63, 3.8) is 0 Å². The number of rotatable bonds is 6. The van der Waals surface area contributed by atoms with E-state index in [4.69, 9.17) is 11.6 Å². The molecule has 1 amide bonds. The van der Waals surface area contributed by atoms with E-state index in [9.17, 15) is 14.3 Å². The Labute approximate surface area is 140 Å². The molecule has 0 radical (unpaired) electrons. The number of hydrogen-bond donors (Lipinski definition) is 2. The van der Waals surface area contributed by atoms with E-state index in [1.807, 2.05) is 30.3 Å². The van der Waals surface area contributed by atoms with E-state index in [0.29, 0.717) is 6.42 Å². The van der Waals surface area contributed by atoms with E-state index < -0.39 is 11.9 Å². The van der Waals surface area contributed by atoms with E-state index in [1.165, 1.54) is 12.1 Å². The molecular formula is C18H19ClFNO2. The average Bonchev–Trinajstić information content (AvgIpc) is 2.51. The molecule has 3 nitrogen and oxygen atoms in total. The molecule has 0 saturated carbocycles. The molecule has 2 unspecified atom stereocenters. The standard InChI is InChI=1S/C18H19ClFNO2/c1-12(10-17(22)13-6-3-2-4-7-13)21-18(23)11-14-15(19)8-5-9-16(14)20/h2-9,12,17,22H,10-11H2,1H3,(H,21,23). The van der Waals surface area contributed by atoms with Gasteiger partial charge in [0.05, 0.1) is 12.5 Å². The van der Waals surface area contributed by atoms with E-state index in [-0.39, 0.29) is 29.0 Å². The quantitative estimate of drug-likeness (QED) is 0.846. The Bertz CT molecular complexity index is 643. The Morgan fingerprint density at radius 1 is 1.22 bits per heavy atom. The van der Waals surface area contributed by atoms with Gasteiger partial charge in [-0.3, -0.25) is 4.79 Å². The van der Waals surface area contributed by atoms with Crippen LogP contribution in [0.4, 0.5) is 4.39 Å². The van der Waals surface area contributed by atoms with Crippen molar-refractivity contribution in [2.45, 2.75) is 31.9 Å². The third kappa shape index (κ3) is 5.05. The molecule has 0 aliphatic rings. The normalized spacial score (nSPS) is 13.4. The lowest BCUT2D eigenvalue weighted by Gasteiger charge is -2.18. The van der Waals surface area contributed by atoms with Gasteiger partial charge in [-0.15, -0.1) is 0 Å². The molecule has 2 N–H and O–H groups in total. The Morgan fingerprint density at radius 2 is 1.91 bits per heavy atom. The van der Waals surface area contributed by atoms with Crippen LogP contribution in [-0.4, -0.2) is 17.1 Å². The van der Waals surface area contributed by atoms with E-state index in [2.05, 4.69) is 5.32 Å². The fraction of sp³-hybridized carbons (Fsp3) is 0.278. The predicted molar refractivity (Wildman–Crippen MR) is 88.7 cm³/mol. The molecule has 0 spiro atoms. The van der Waals surface area contributed by atoms with Crippen molar-refractivity contribution in [3.8, 4) is 0 Å². The lowest BCUT2D eigenvalue weighted by molar-refractivity contribution is -0.121. The van der Waals surface area contributed by atoms with Crippen molar-refractivity contribution in [1.29, 1.82) is 0 Å². The van der Waals surface area contributed by atoms with Gasteiger partial charge in [-0.2, -0.15) is 0 Å². The number of amides is 1. The van der Waals surface area contributed by atoms with Crippen molar-refractivity contribution >= 4 is 17.5 Å². The van der Waals surface area contributed by atoms with Crippen LogP contribution >= 0.6 is 11.6 Å². The highest BCUT2D eigenvalue weighted by atomic mass is 35.5. The first kappa shape index (κ1) is 17.4. The van der Waals surface area contributed by atoms with Gasteiger partial charge < -0.3 is 10.4 Å². The zero-order valence-corrected chi connectivity index (χ0v) is 13.6. The second kappa shape index (κ2) is 8.09. The highest BCUT2D eigenvalue weighted by Crippen LogP contribution is 2.20. The first-order valence-corrected chi connectivity index (χ1v) is 7.80. The number of nitrogens with one attached hydrogen (secondary N) is 1. The maximum atomic E-state index is 13.7. The third-order valence-electron chi connectivity index (χ3n) is 3.57. The topological polar surface area (TPSA) is 49.3 Å². The maximum absolute atomic E-state index is 13.7. The zero-order chi connectivity index (χ0) is 16.8. The number of hydrogen-bond acceptors (Lipinski definition) is 2. The number of halogens is 2. The minimum absolute atomic E-state index is 0.128. The second-order valence-corrected chi connectivity index (χ2v) is 5.91. The summed E-state index contributed by atoms with van der Waals surface area (Å²) in [5, 5.41) is 13.1. The van der Waals surface area contributed by atoms with E-state index in [1.54, 1.807) is 13.0 Å². The summed E-state index contributed by atoms with van der Waals surface area (Å²) in [6.07, 6.45) is -0.415. The monoisotopic (exact) mass is 335 g/mol. The Morgan fingerprint density at radius 3 is 2.57 bits per heavy atom. The smallest absolute Gasteiger partial charge is 0.224 e. The van der Waals surface area contributed by atoms with Gasteiger partial charge >= 0.3 is 0 Å². The van der Waals surface area contributed by atoms with Crippen LogP contribution in [0.2, 0.25) is 5.02 Å². The van der Waals surface area contributed by atoms with E-state index in [0.717, 1.165) is 5.56 Å². The molecular weight excluding hydrogens is 317 g/mol. The largest absolute Gasteiger partial charge is 0.388 e. The van der Waals surface area contributed by atoms with Gasteiger partial charge in [-0.1, -0.05) is 48.0 Å². The first-order valence-electron chi connectivity index (χ1n) is 7.42. The van der Waals surface area contributed by atoms with Crippen molar-refractivity contribution < 1.29 is 14.3 Å². The van der Waals surface area contributed by atoms with Gasteiger partial charge in [0.15, 0.2) is 0 Å². The van der Waals surface area contributed by atoms with Crippen LogP contribution in [-0.2, 0) is 11.2 Å². The predicted octanol–water partition coefficient (Wildman–Crippen LogP) is 3.65. The van der Waals surface area contributed by atoms with Gasteiger partial charge in [-0.25, -0.2) is 4.39 Å². The minimum Gasteiger partial charge on any atom is -0.388 e. The fourth-order valence-corrected chi connectivity index (χ4v) is 2.62.